The molecule has 0 fully saturated rings. The Morgan fingerprint density at radius 3 is 1.91 bits per heavy atom. The van der Waals surface area contributed by atoms with E-state index in [-0.39, 0.29) is 36.3 Å². The fourth-order valence-corrected chi connectivity index (χ4v) is 3.46. The van der Waals surface area contributed by atoms with Crippen LogP contribution in [0.25, 0.3) is 0 Å². The summed E-state index contributed by atoms with van der Waals surface area (Å²) in [6, 6.07) is 8.26. The van der Waals surface area contributed by atoms with Crippen molar-refractivity contribution in [3.05, 3.63) is 35.9 Å². The van der Waals surface area contributed by atoms with Gasteiger partial charge in [0.25, 0.3) is 0 Å². The van der Waals surface area contributed by atoms with E-state index in [1.165, 1.54) is 14.1 Å². The maximum Gasteiger partial charge on any atom is 0.242 e. The molecule has 44 heavy (non-hydrogen) atoms. The lowest BCUT2D eigenvalue weighted by molar-refractivity contribution is -0.154. The third-order valence-electron chi connectivity index (χ3n) is 6.14. The van der Waals surface area contributed by atoms with Crippen LogP contribution < -0.4 is 27.2 Å². The van der Waals surface area contributed by atoms with Crippen molar-refractivity contribution in [1.82, 2.24) is 26.5 Å². The highest BCUT2D eigenvalue weighted by molar-refractivity contribution is 5.89. The zero-order valence-corrected chi connectivity index (χ0v) is 28.8. The van der Waals surface area contributed by atoms with Crippen molar-refractivity contribution >= 4 is 18.6 Å². The van der Waals surface area contributed by atoms with Gasteiger partial charge in [-0.1, -0.05) is 92.1 Å². The SMILES string of the molecule is C=O.CC.CCC(C)[C@@H](COCNCCN)NO.CNC(=O)[C@@H](NC(=O)[C@H](C(C)C)N(C)O)C(C)C.OCc1ccccc1. The summed E-state index contributed by atoms with van der Waals surface area (Å²) >= 11 is 0. The molecule has 13 heteroatoms. The normalized spacial score (nSPS) is 12.8. The first-order valence-electron chi connectivity index (χ1n) is 15.2. The molecular weight excluding hydrogens is 568 g/mol. The van der Waals surface area contributed by atoms with Gasteiger partial charge in [-0.3, -0.25) is 14.9 Å². The number of hydrogen-bond donors (Lipinski definition) is 8. The Kier molecular flexibility index (Phi) is 36.8. The monoisotopic (exact) mass is 632 g/mol. The second-order valence-corrected chi connectivity index (χ2v) is 10.2. The minimum Gasteiger partial charge on any atom is -0.392 e. The second kappa shape index (κ2) is 33.4. The summed E-state index contributed by atoms with van der Waals surface area (Å²) in [7, 11) is 2.95. The van der Waals surface area contributed by atoms with Crippen LogP contribution in [-0.4, -0.2) is 97.8 Å². The third-order valence-corrected chi connectivity index (χ3v) is 6.14. The predicted octanol–water partition coefficient (Wildman–Crippen LogP) is 2.14. The highest BCUT2D eigenvalue weighted by Crippen LogP contribution is 2.10. The van der Waals surface area contributed by atoms with Crippen molar-refractivity contribution in [1.29, 1.82) is 0 Å². The number of likely N-dealkylation sites (N-methyl/N-ethyl adjacent to an activating group) is 2. The average Bonchev–Trinajstić information content (AvgIpc) is 3.03. The van der Waals surface area contributed by atoms with E-state index in [4.69, 9.17) is 25.6 Å². The van der Waals surface area contributed by atoms with Gasteiger partial charge < -0.3 is 41.4 Å². The van der Waals surface area contributed by atoms with Gasteiger partial charge in [0.1, 0.15) is 18.9 Å². The molecule has 0 saturated carbocycles. The molecule has 0 bridgehead atoms. The van der Waals surface area contributed by atoms with E-state index in [9.17, 15) is 14.8 Å². The van der Waals surface area contributed by atoms with E-state index in [1.54, 1.807) is 0 Å². The number of nitrogens with two attached hydrogens (primary N) is 1. The van der Waals surface area contributed by atoms with E-state index >= 15 is 0 Å². The molecule has 0 heterocycles. The summed E-state index contributed by atoms with van der Waals surface area (Å²) in [4.78, 5) is 31.7. The number of rotatable bonds is 16. The van der Waals surface area contributed by atoms with E-state index in [0.717, 1.165) is 23.6 Å². The maximum absolute atomic E-state index is 12.1. The highest BCUT2D eigenvalue weighted by atomic mass is 16.5. The second-order valence-electron chi connectivity index (χ2n) is 10.2. The Morgan fingerprint density at radius 2 is 1.57 bits per heavy atom. The molecule has 1 rings (SSSR count). The molecule has 0 aliphatic rings. The van der Waals surface area contributed by atoms with Crippen LogP contribution >= 0.6 is 0 Å². The molecule has 0 aliphatic carbocycles. The number of amides is 2. The third kappa shape index (κ3) is 24.9. The summed E-state index contributed by atoms with van der Waals surface area (Å²) in [6.45, 7) is 20.0. The number of carbonyl (C=O) groups is 3. The summed E-state index contributed by atoms with van der Waals surface area (Å²) in [5.41, 5.74) is 8.53. The first-order chi connectivity index (χ1) is 20.9. The minimum atomic E-state index is -0.670. The Morgan fingerprint density at radius 1 is 1.02 bits per heavy atom. The number of hydrogen-bond acceptors (Lipinski definition) is 11. The van der Waals surface area contributed by atoms with E-state index < -0.39 is 12.1 Å². The molecule has 4 atom stereocenters. The zero-order chi connectivity index (χ0) is 35.1. The van der Waals surface area contributed by atoms with Gasteiger partial charge in [-0.15, -0.1) is 0 Å². The molecule has 1 unspecified atom stereocenters. The molecule has 0 spiro atoms. The lowest BCUT2D eigenvalue weighted by Gasteiger charge is -2.28. The van der Waals surface area contributed by atoms with Crippen LogP contribution in [0.3, 0.4) is 0 Å². The van der Waals surface area contributed by atoms with Crippen molar-refractivity contribution in [2.24, 2.45) is 23.5 Å². The molecule has 1 aromatic carbocycles. The average molecular weight is 633 g/mol. The summed E-state index contributed by atoms with van der Waals surface area (Å²) in [5, 5.41) is 36.0. The van der Waals surface area contributed by atoms with Crippen molar-refractivity contribution < 1.29 is 34.6 Å². The topological polar surface area (TPSA) is 199 Å². The van der Waals surface area contributed by atoms with Crippen LogP contribution in [0, 0.1) is 17.8 Å². The van der Waals surface area contributed by atoms with Gasteiger partial charge in [-0.05, 0) is 23.3 Å². The Hall–Kier alpha value is -2.49. The molecule has 0 radical (unpaired) electrons. The predicted molar refractivity (Wildman–Crippen MR) is 176 cm³/mol. The van der Waals surface area contributed by atoms with Gasteiger partial charge >= 0.3 is 0 Å². The molecule has 0 aliphatic heterocycles. The van der Waals surface area contributed by atoms with Crippen LogP contribution in [0.15, 0.2) is 30.3 Å². The van der Waals surface area contributed by atoms with E-state index in [2.05, 4.69) is 35.3 Å². The number of aliphatic hydroxyl groups is 1. The minimum absolute atomic E-state index is 0.000300. The van der Waals surface area contributed by atoms with Gasteiger partial charge in [0, 0.05) is 27.2 Å². The Labute approximate surface area is 266 Å². The van der Waals surface area contributed by atoms with Crippen LogP contribution in [0.1, 0.15) is 67.4 Å². The van der Waals surface area contributed by atoms with Crippen molar-refractivity contribution in [3.8, 4) is 0 Å². The lowest BCUT2D eigenvalue weighted by Crippen LogP contribution is -2.55. The molecule has 0 saturated heterocycles. The van der Waals surface area contributed by atoms with Crippen LogP contribution in [0.2, 0.25) is 0 Å². The fourth-order valence-electron chi connectivity index (χ4n) is 3.46. The van der Waals surface area contributed by atoms with E-state index in [1.807, 2.05) is 78.7 Å². The molecule has 13 nitrogen and oxygen atoms in total. The molecule has 1 aromatic rings. The Bertz CT molecular complexity index is 765. The van der Waals surface area contributed by atoms with E-state index in [0.29, 0.717) is 25.8 Å². The van der Waals surface area contributed by atoms with Crippen LogP contribution in [0.4, 0.5) is 0 Å². The number of nitrogens with one attached hydrogen (secondary N) is 4. The number of ether oxygens (including phenoxy) is 1. The largest absolute Gasteiger partial charge is 0.392 e. The standard InChI is InChI=1S/C12H25N3O3.C9H23N3O2.C7H8O.C2H6.CH2O/c1-7(2)9(11(16)13-5)14-12(17)10(8(3)4)15(6)18;1-3-8(2)9(12-13)6-14-7-11-5-4-10;8-6-7-4-2-1-3-5-7;2*1-2/h7-10,18H,1-6H3,(H,13,16)(H,14,17);8-9,11-13H,3-7,10H2,1-2H3;1-5,8H,6H2;1-2H3;1H2/t9-,10-;8?,9-;;;/m01.../s1. The Balaban J connectivity index is -0.000000271. The molecule has 2 amide bonds. The van der Waals surface area contributed by atoms with Crippen LogP contribution in [0.5, 0.6) is 0 Å². The first kappa shape index (κ1) is 48.4. The zero-order valence-electron chi connectivity index (χ0n) is 28.8. The summed E-state index contributed by atoms with van der Waals surface area (Å²) < 4.78 is 5.32. The van der Waals surface area contributed by atoms with Crippen molar-refractivity contribution in [2.75, 3.05) is 40.5 Å². The number of aliphatic hydroxyl groups excluding tert-OH is 1. The molecule has 0 aromatic heterocycles. The number of nitrogens with zero attached hydrogens (tertiary/aromatic N) is 1. The quantitative estimate of drug-likeness (QED) is 0.0755. The highest BCUT2D eigenvalue weighted by Gasteiger charge is 2.30. The van der Waals surface area contributed by atoms with Crippen LogP contribution in [-0.2, 0) is 25.7 Å². The lowest BCUT2D eigenvalue weighted by atomic mass is 10.00. The smallest absolute Gasteiger partial charge is 0.242 e. The van der Waals surface area contributed by atoms with Gasteiger partial charge in [-0.2, -0.15) is 10.5 Å². The number of hydroxylamine groups is 3. The summed E-state index contributed by atoms with van der Waals surface area (Å²) in [5.74, 6) is -0.267. The molecular formula is C31H64N6O7. The molecule has 9 N–H and O–H groups in total. The number of carbonyl (C=O) groups excluding carboxylic acids is 3. The fraction of sp³-hybridized carbons (Fsp3) is 0.710. The van der Waals surface area contributed by atoms with Gasteiger partial charge in [-0.25, -0.2) is 0 Å². The van der Waals surface area contributed by atoms with Gasteiger partial charge in [0.2, 0.25) is 11.8 Å². The van der Waals surface area contributed by atoms with Gasteiger partial charge in [0.15, 0.2) is 0 Å². The van der Waals surface area contributed by atoms with Crippen molar-refractivity contribution in [3.63, 3.8) is 0 Å². The van der Waals surface area contributed by atoms with Crippen molar-refractivity contribution in [2.45, 2.75) is 86.5 Å². The van der Waals surface area contributed by atoms with Gasteiger partial charge in [0.05, 0.1) is 26.0 Å². The maximum atomic E-state index is 12.1. The number of benzene rings is 1. The molecule has 260 valence electrons. The first-order valence-corrected chi connectivity index (χ1v) is 15.2. The summed E-state index contributed by atoms with van der Waals surface area (Å²) in [6.07, 6.45) is 1.01.